The highest BCUT2D eigenvalue weighted by molar-refractivity contribution is 5.44. The standard InChI is InChI=1S/C42H66N4O4/c1-35(31-37-11-13-39(47-27-23-43-15-3-4-16-43)41(33-37)49-29-25-45-19-7-8-20-45)36(2)32-38-12-14-40(48-28-24-44-17-5-6-18-44)42(34-38)50-30-26-46-21-9-10-22-46/h11-14,33-36H,3-10,15-32H2,1-2H3. The van der Waals surface area contributed by atoms with Crippen molar-refractivity contribution in [1.82, 2.24) is 19.6 Å². The summed E-state index contributed by atoms with van der Waals surface area (Å²) >= 11 is 0. The van der Waals surface area contributed by atoms with E-state index in [2.05, 4.69) is 69.8 Å². The zero-order valence-corrected chi connectivity index (χ0v) is 31.4. The van der Waals surface area contributed by atoms with Crippen LogP contribution in [0.4, 0.5) is 0 Å². The molecule has 6 rings (SSSR count). The lowest BCUT2D eigenvalue weighted by Gasteiger charge is -2.23. The van der Waals surface area contributed by atoms with Crippen LogP contribution >= 0.6 is 0 Å². The van der Waals surface area contributed by atoms with Gasteiger partial charge in [-0.3, -0.25) is 19.6 Å². The molecule has 8 nitrogen and oxygen atoms in total. The first-order chi connectivity index (χ1) is 24.6. The maximum atomic E-state index is 6.43. The Morgan fingerprint density at radius 1 is 0.420 bits per heavy atom. The van der Waals surface area contributed by atoms with Gasteiger partial charge in [0.15, 0.2) is 23.0 Å². The second-order valence-corrected chi connectivity index (χ2v) is 15.5. The summed E-state index contributed by atoms with van der Waals surface area (Å²) in [5, 5.41) is 0. The SMILES string of the molecule is CC(Cc1ccc(OCCN2CCCC2)c(OCCN2CCCC2)c1)C(C)Cc1ccc(OCCN2CCCC2)c(OCCN2CCCC2)c1. The minimum Gasteiger partial charge on any atom is -0.488 e. The number of nitrogens with zero attached hydrogens (tertiary/aromatic N) is 4. The zero-order valence-electron chi connectivity index (χ0n) is 31.4. The largest absolute Gasteiger partial charge is 0.488 e. The van der Waals surface area contributed by atoms with Crippen molar-refractivity contribution in [3.05, 3.63) is 47.5 Å². The molecule has 4 heterocycles. The van der Waals surface area contributed by atoms with Crippen LogP contribution in [0.5, 0.6) is 23.0 Å². The summed E-state index contributed by atoms with van der Waals surface area (Å²) in [6, 6.07) is 13.3. The molecule has 4 aliphatic rings. The second-order valence-electron chi connectivity index (χ2n) is 15.5. The second kappa shape index (κ2) is 19.9. The lowest BCUT2D eigenvalue weighted by molar-refractivity contribution is 0.209. The highest BCUT2D eigenvalue weighted by Crippen LogP contribution is 2.33. The Morgan fingerprint density at radius 3 is 1.00 bits per heavy atom. The Balaban J connectivity index is 1.04. The molecule has 2 unspecified atom stereocenters. The Bertz CT molecular complexity index is 1170. The molecule has 8 heteroatoms. The van der Waals surface area contributed by atoms with Crippen molar-refractivity contribution in [2.45, 2.75) is 78.1 Å². The third-order valence-electron chi connectivity index (χ3n) is 11.6. The fraction of sp³-hybridized carbons (Fsp3) is 0.714. The first-order valence-electron chi connectivity index (χ1n) is 20.3. The van der Waals surface area contributed by atoms with Gasteiger partial charge in [0.05, 0.1) is 0 Å². The minimum absolute atomic E-state index is 0.505. The Kier molecular flexibility index (Phi) is 14.8. The van der Waals surface area contributed by atoms with Gasteiger partial charge in [-0.25, -0.2) is 0 Å². The van der Waals surface area contributed by atoms with E-state index in [-0.39, 0.29) is 0 Å². The van der Waals surface area contributed by atoms with Crippen LogP contribution in [0.15, 0.2) is 36.4 Å². The van der Waals surface area contributed by atoms with Crippen LogP contribution in [-0.4, -0.2) is 125 Å². The molecule has 0 spiro atoms. The van der Waals surface area contributed by atoms with Gasteiger partial charge >= 0.3 is 0 Å². The van der Waals surface area contributed by atoms with Crippen LogP contribution in [0.3, 0.4) is 0 Å². The molecule has 2 atom stereocenters. The molecule has 0 aliphatic carbocycles. The molecule has 0 aromatic heterocycles. The normalized spacial score (nSPS) is 20.4. The Morgan fingerprint density at radius 2 is 0.700 bits per heavy atom. The maximum Gasteiger partial charge on any atom is 0.161 e. The molecule has 0 saturated carbocycles. The fourth-order valence-corrected chi connectivity index (χ4v) is 8.13. The highest BCUT2D eigenvalue weighted by atomic mass is 16.5. The number of rotatable bonds is 21. The Hall–Kier alpha value is -2.52. The quantitative estimate of drug-likeness (QED) is 0.145. The van der Waals surface area contributed by atoms with E-state index in [1.165, 1.54) is 115 Å². The van der Waals surface area contributed by atoms with Gasteiger partial charge in [-0.1, -0.05) is 26.0 Å². The van der Waals surface area contributed by atoms with Crippen LogP contribution in [0.2, 0.25) is 0 Å². The molecule has 4 saturated heterocycles. The van der Waals surface area contributed by atoms with E-state index in [4.69, 9.17) is 18.9 Å². The molecule has 2 aromatic rings. The predicted octanol–water partition coefficient (Wildman–Crippen LogP) is 6.64. The topological polar surface area (TPSA) is 49.9 Å². The summed E-state index contributed by atoms with van der Waals surface area (Å²) < 4.78 is 25.5. The molecular formula is C42H66N4O4. The highest BCUT2D eigenvalue weighted by Gasteiger charge is 2.19. The number of hydrogen-bond acceptors (Lipinski definition) is 8. The summed E-state index contributed by atoms with van der Waals surface area (Å²) in [4.78, 5) is 10.0. The molecule has 0 amide bonds. The van der Waals surface area contributed by atoms with E-state index < -0.39 is 0 Å². The van der Waals surface area contributed by atoms with E-state index in [9.17, 15) is 0 Å². The summed E-state index contributed by atoms with van der Waals surface area (Å²) in [6.45, 7) is 21.1. The molecule has 0 N–H and O–H groups in total. The van der Waals surface area contributed by atoms with E-state index in [1.807, 2.05) is 0 Å². The van der Waals surface area contributed by atoms with Crippen molar-refractivity contribution in [2.24, 2.45) is 11.8 Å². The van der Waals surface area contributed by atoms with Crippen LogP contribution in [0, 0.1) is 11.8 Å². The third-order valence-corrected chi connectivity index (χ3v) is 11.6. The van der Waals surface area contributed by atoms with Gasteiger partial charge in [0.1, 0.15) is 26.4 Å². The van der Waals surface area contributed by atoms with E-state index in [1.54, 1.807) is 0 Å². The van der Waals surface area contributed by atoms with Gasteiger partial charge in [0, 0.05) is 26.2 Å². The van der Waals surface area contributed by atoms with Crippen LogP contribution in [0.25, 0.3) is 0 Å². The maximum absolute atomic E-state index is 6.43. The van der Waals surface area contributed by atoms with Gasteiger partial charge in [-0.2, -0.15) is 0 Å². The number of ether oxygens (including phenoxy) is 4. The molecule has 278 valence electrons. The smallest absolute Gasteiger partial charge is 0.161 e. The summed E-state index contributed by atoms with van der Waals surface area (Å²) in [5.41, 5.74) is 2.64. The van der Waals surface area contributed by atoms with Crippen molar-refractivity contribution in [1.29, 1.82) is 0 Å². The molecule has 0 bridgehead atoms. The van der Waals surface area contributed by atoms with Crippen molar-refractivity contribution < 1.29 is 18.9 Å². The first-order valence-corrected chi connectivity index (χ1v) is 20.3. The summed E-state index contributed by atoms with van der Waals surface area (Å²) in [6.07, 6.45) is 12.5. The average molecular weight is 691 g/mol. The van der Waals surface area contributed by atoms with Gasteiger partial charge < -0.3 is 18.9 Å². The summed E-state index contributed by atoms with van der Waals surface area (Å²) in [5.74, 6) is 4.58. The van der Waals surface area contributed by atoms with Crippen LogP contribution in [0.1, 0.15) is 76.3 Å². The molecular weight excluding hydrogens is 624 g/mol. The molecule has 2 aromatic carbocycles. The fourth-order valence-electron chi connectivity index (χ4n) is 8.13. The molecule has 4 fully saturated rings. The van der Waals surface area contributed by atoms with Crippen molar-refractivity contribution >= 4 is 0 Å². The van der Waals surface area contributed by atoms with Gasteiger partial charge in [-0.05, 0) is 164 Å². The third kappa shape index (κ3) is 11.8. The number of hydrogen-bond donors (Lipinski definition) is 0. The van der Waals surface area contributed by atoms with Gasteiger partial charge in [-0.15, -0.1) is 0 Å². The van der Waals surface area contributed by atoms with Crippen LogP contribution in [-0.2, 0) is 12.8 Å². The minimum atomic E-state index is 0.505. The molecule has 4 aliphatic heterocycles. The van der Waals surface area contributed by atoms with E-state index in [0.29, 0.717) is 38.3 Å². The van der Waals surface area contributed by atoms with Crippen molar-refractivity contribution in [2.75, 3.05) is 105 Å². The van der Waals surface area contributed by atoms with Crippen LogP contribution < -0.4 is 18.9 Å². The molecule has 50 heavy (non-hydrogen) atoms. The number of benzene rings is 2. The Labute approximate surface area is 303 Å². The summed E-state index contributed by atoms with van der Waals surface area (Å²) in [7, 11) is 0. The lowest BCUT2D eigenvalue weighted by Crippen LogP contribution is -2.26. The molecule has 0 radical (unpaired) electrons. The van der Waals surface area contributed by atoms with Gasteiger partial charge in [0.25, 0.3) is 0 Å². The van der Waals surface area contributed by atoms with E-state index >= 15 is 0 Å². The monoisotopic (exact) mass is 691 g/mol. The zero-order chi connectivity index (χ0) is 34.4. The van der Waals surface area contributed by atoms with E-state index in [0.717, 1.165) is 62.0 Å². The first kappa shape index (κ1) is 37.2. The predicted molar refractivity (Wildman–Crippen MR) is 203 cm³/mol. The average Bonchev–Trinajstić information content (AvgIpc) is 3.96. The lowest BCUT2D eigenvalue weighted by atomic mass is 9.85. The number of likely N-dealkylation sites (tertiary alicyclic amines) is 4. The van der Waals surface area contributed by atoms with Gasteiger partial charge in [0.2, 0.25) is 0 Å². The van der Waals surface area contributed by atoms with Crippen molar-refractivity contribution in [3.63, 3.8) is 0 Å². The van der Waals surface area contributed by atoms with Crippen molar-refractivity contribution in [3.8, 4) is 23.0 Å².